The highest BCUT2D eigenvalue weighted by Crippen LogP contribution is 2.23. The van der Waals surface area contributed by atoms with Gasteiger partial charge in [-0.3, -0.25) is 0 Å². The SMILES string of the molecule is Cc1cnc(Cl)nc1N1CCN(c2nccs2)CC1. The Bertz CT molecular complexity index is 551. The molecule has 0 saturated carbocycles. The van der Waals surface area contributed by atoms with Crippen molar-refractivity contribution >= 4 is 33.9 Å². The summed E-state index contributed by atoms with van der Waals surface area (Å²) in [6, 6.07) is 0. The lowest BCUT2D eigenvalue weighted by atomic mass is 10.2. The topological polar surface area (TPSA) is 45.2 Å². The third-order valence-electron chi connectivity index (χ3n) is 3.18. The third-order valence-corrected chi connectivity index (χ3v) is 4.20. The van der Waals surface area contributed by atoms with Gasteiger partial charge in [0.25, 0.3) is 0 Å². The highest BCUT2D eigenvalue weighted by Gasteiger charge is 2.21. The molecule has 0 amide bonds. The van der Waals surface area contributed by atoms with Crippen molar-refractivity contribution in [2.24, 2.45) is 0 Å². The number of hydrogen-bond donors (Lipinski definition) is 0. The maximum atomic E-state index is 5.88. The second-order valence-electron chi connectivity index (χ2n) is 4.43. The predicted octanol–water partition coefficient (Wildman–Crippen LogP) is 2.22. The number of thiazole rings is 1. The molecule has 0 aromatic carbocycles. The first-order chi connectivity index (χ1) is 9.24. The van der Waals surface area contributed by atoms with Gasteiger partial charge in [-0.2, -0.15) is 0 Å². The van der Waals surface area contributed by atoms with Crippen LogP contribution < -0.4 is 9.80 Å². The van der Waals surface area contributed by atoms with E-state index in [9.17, 15) is 0 Å². The Kier molecular flexibility index (Phi) is 3.52. The number of nitrogens with zero attached hydrogens (tertiary/aromatic N) is 5. The quantitative estimate of drug-likeness (QED) is 0.795. The number of hydrogen-bond acceptors (Lipinski definition) is 6. The number of aromatic nitrogens is 3. The molecule has 5 nitrogen and oxygen atoms in total. The first kappa shape index (κ1) is 12.6. The lowest BCUT2D eigenvalue weighted by Gasteiger charge is -2.35. The minimum Gasteiger partial charge on any atom is -0.353 e. The first-order valence-electron chi connectivity index (χ1n) is 6.12. The Hall–Kier alpha value is -1.40. The molecule has 1 aliphatic rings. The molecular formula is C12H14ClN5S. The minimum atomic E-state index is 0.308. The van der Waals surface area contributed by atoms with Crippen LogP contribution in [0.4, 0.5) is 10.9 Å². The summed E-state index contributed by atoms with van der Waals surface area (Å²) in [6.45, 7) is 5.77. The molecule has 1 fully saturated rings. The van der Waals surface area contributed by atoms with Crippen molar-refractivity contribution in [2.75, 3.05) is 36.0 Å². The van der Waals surface area contributed by atoms with Crippen LogP contribution in [0.25, 0.3) is 0 Å². The van der Waals surface area contributed by atoms with E-state index in [0.717, 1.165) is 42.7 Å². The maximum absolute atomic E-state index is 5.88. The van der Waals surface area contributed by atoms with Gasteiger partial charge in [0.1, 0.15) is 5.82 Å². The van der Waals surface area contributed by atoms with Crippen LogP contribution >= 0.6 is 22.9 Å². The van der Waals surface area contributed by atoms with Gasteiger partial charge in [-0.15, -0.1) is 11.3 Å². The summed E-state index contributed by atoms with van der Waals surface area (Å²) in [7, 11) is 0. The summed E-state index contributed by atoms with van der Waals surface area (Å²) in [5.74, 6) is 0.943. The van der Waals surface area contributed by atoms with Crippen molar-refractivity contribution in [3.8, 4) is 0 Å². The molecule has 0 bridgehead atoms. The van der Waals surface area contributed by atoms with Crippen molar-refractivity contribution in [3.63, 3.8) is 0 Å². The first-order valence-corrected chi connectivity index (χ1v) is 7.38. The van der Waals surface area contributed by atoms with Gasteiger partial charge in [-0.25, -0.2) is 15.0 Å². The predicted molar refractivity (Wildman–Crippen MR) is 78.3 cm³/mol. The van der Waals surface area contributed by atoms with E-state index in [0.29, 0.717) is 5.28 Å². The average molecular weight is 296 g/mol. The van der Waals surface area contributed by atoms with Crippen LogP contribution in [0.2, 0.25) is 5.28 Å². The molecule has 7 heteroatoms. The summed E-state index contributed by atoms with van der Waals surface area (Å²) in [4.78, 5) is 17.2. The van der Waals surface area contributed by atoms with E-state index in [1.54, 1.807) is 17.5 Å². The van der Waals surface area contributed by atoms with E-state index in [-0.39, 0.29) is 0 Å². The van der Waals surface area contributed by atoms with E-state index in [1.807, 2.05) is 18.5 Å². The standard InChI is InChI=1S/C12H14ClN5S/c1-9-8-15-11(13)16-10(9)17-3-5-18(6-4-17)12-14-2-7-19-12/h2,7-8H,3-6H2,1H3. The molecule has 0 atom stereocenters. The van der Waals surface area contributed by atoms with Crippen molar-refractivity contribution in [3.05, 3.63) is 28.6 Å². The fourth-order valence-electron chi connectivity index (χ4n) is 2.21. The number of halogens is 1. The fourth-order valence-corrected chi connectivity index (χ4v) is 3.04. The number of anilines is 2. The molecule has 1 saturated heterocycles. The van der Waals surface area contributed by atoms with Crippen LogP contribution in [-0.2, 0) is 0 Å². The highest BCUT2D eigenvalue weighted by molar-refractivity contribution is 7.13. The zero-order chi connectivity index (χ0) is 13.2. The van der Waals surface area contributed by atoms with E-state index in [2.05, 4.69) is 24.8 Å². The smallest absolute Gasteiger partial charge is 0.224 e. The van der Waals surface area contributed by atoms with Gasteiger partial charge in [0.05, 0.1) is 0 Å². The zero-order valence-electron chi connectivity index (χ0n) is 10.6. The van der Waals surface area contributed by atoms with Gasteiger partial charge < -0.3 is 9.80 Å². The molecule has 19 heavy (non-hydrogen) atoms. The number of piperazine rings is 1. The van der Waals surface area contributed by atoms with E-state index >= 15 is 0 Å². The Balaban J connectivity index is 1.71. The van der Waals surface area contributed by atoms with Gasteiger partial charge >= 0.3 is 0 Å². The zero-order valence-corrected chi connectivity index (χ0v) is 12.2. The van der Waals surface area contributed by atoms with Crippen LogP contribution in [0.3, 0.4) is 0 Å². The third kappa shape index (κ3) is 2.64. The van der Waals surface area contributed by atoms with E-state index in [4.69, 9.17) is 11.6 Å². The molecule has 1 aliphatic heterocycles. The lowest BCUT2D eigenvalue weighted by molar-refractivity contribution is 0.644. The molecular weight excluding hydrogens is 282 g/mol. The summed E-state index contributed by atoms with van der Waals surface area (Å²) in [5, 5.41) is 3.41. The van der Waals surface area contributed by atoms with Crippen molar-refractivity contribution in [2.45, 2.75) is 6.92 Å². The van der Waals surface area contributed by atoms with Crippen molar-refractivity contribution in [1.82, 2.24) is 15.0 Å². The van der Waals surface area contributed by atoms with Crippen molar-refractivity contribution in [1.29, 1.82) is 0 Å². The fraction of sp³-hybridized carbons (Fsp3) is 0.417. The molecule has 0 aliphatic carbocycles. The number of aryl methyl sites for hydroxylation is 1. The van der Waals surface area contributed by atoms with Gasteiger partial charge in [-0.05, 0) is 18.5 Å². The summed E-state index contributed by atoms with van der Waals surface area (Å²) < 4.78 is 0. The van der Waals surface area contributed by atoms with Crippen LogP contribution in [0.15, 0.2) is 17.8 Å². The van der Waals surface area contributed by atoms with Crippen molar-refractivity contribution < 1.29 is 0 Å². The van der Waals surface area contributed by atoms with E-state index < -0.39 is 0 Å². The molecule has 2 aromatic heterocycles. The average Bonchev–Trinajstić information content (AvgIpc) is 2.96. The Labute approximate surface area is 120 Å². The van der Waals surface area contributed by atoms with Gasteiger partial charge in [-0.1, -0.05) is 0 Å². The molecule has 2 aromatic rings. The largest absolute Gasteiger partial charge is 0.353 e. The summed E-state index contributed by atoms with van der Waals surface area (Å²) in [5.41, 5.74) is 1.06. The van der Waals surface area contributed by atoms with E-state index in [1.165, 1.54) is 0 Å². The van der Waals surface area contributed by atoms with Gasteiger partial charge in [0, 0.05) is 49.5 Å². The molecule has 0 N–H and O–H groups in total. The molecule has 100 valence electrons. The number of rotatable bonds is 2. The van der Waals surface area contributed by atoms with Gasteiger partial charge in [0.2, 0.25) is 5.28 Å². The normalized spacial score (nSPS) is 15.9. The van der Waals surface area contributed by atoms with Crippen LogP contribution in [-0.4, -0.2) is 41.1 Å². The second-order valence-corrected chi connectivity index (χ2v) is 5.65. The Morgan fingerprint density at radius 2 is 1.89 bits per heavy atom. The molecule has 0 radical (unpaired) electrons. The molecule has 0 spiro atoms. The summed E-state index contributed by atoms with van der Waals surface area (Å²) >= 11 is 7.56. The van der Waals surface area contributed by atoms with Crippen LogP contribution in [0.1, 0.15) is 5.56 Å². The summed E-state index contributed by atoms with van der Waals surface area (Å²) in [6.07, 6.45) is 3.62. The van der Waals surface area contributed by atoms with Gasteiger partial charge in [0.15, 0.2) is 5.13 Å². The minimum absolute atomic E-state index is 0.308. The molecule has 0 unspecified atom stereocenters. The van der Waals surface area contributed by atoms with Crippen LogP contribution in [0, 0.1) is 6.92 Å². The Morgan fingerprint density at radius 3 is 2.58 bits per heavy atom. The van der Waals surface area contributed by atoms with Crippen LogP contribution in [0.5, 0.6) is 0 Å². The maximum Gasteiger partial charge on any atom is 0.224 e. The molecule has 3 heterocycles. The highest BCUT2D eigenvalue weighted by atomic mass is 35.5. The monoisotopic (exact) mass is 295 g/mol. The Morgan fingerprint density at radius 1 is 1.16 bits per heavy atom. The molecule has 3 rings (SSSR count). The second kappa shape index (κ2) is 5.30. The lowest BCUT2D eigenvalue weighted by Crippen LogP contribution is -2.47.